The van der Waals surface area contributed by atoms with Crippen molar-refractivity contribution in [3.8, 4) is 0 Å². The van der Waals surface area contributed by atoms with Crippen LogP contribution in [0.25, 0.3) is 0 Å². The molecule has 14 heavy (non-hydrogen) atoms. The highest BCUT2D eigenvalue weighted by atomic mass is 16.8. The molecule has 2 fully saturated rings. The fraction of sp³-hybridized carbons (Fsp3) is 0.889. The van der Waals surface area contributed by atoms with Crippen LogP contribution >= 0.6 is 0 Å². The van der Waals surface area contributed by atoms with Gasteiger partial charge in [-0.2, -0.15) is 0 Å². The van der Waals surface area contributed by atoms with Crippen LogP contribution < -0.4 is 0 Å². The number of hydrogen-bond donors (Lipinski definition) is 0. The van der Waals surface area contributed by atoms with Gasteiger partial charge in [-0.3, -0.25) is 4.79 Å². The van der Waals surface area contributed by atoms with E-state index in [4.69, 9.17) is 14.3 Å². The molecule has 0 unspecified atom stereocenters. The largest absolute Gasteiger partial charge is 0.368 e. The minimum atomic E-state index is -0.544. The fourth-order valence-electron chi connectivity index (χ4n) is 1.84. The Labute approximate surface area is 82.9 Å². The predicted octanol–water partition coefficient (Wildman–Crippen LogP) is 0.300. The van der Waals surface area contributed by atoms with Crippen molar-refractivity contribution in [2.75, 3.05) is 13.7 Å². The van der Waals surface area contributed by atoms with Crippen molar-refractivity contribution in [1.29, 1.82) is 0 Å². The highest BCUT2D eigenvalue weighted by Gasteiger charge is 2.43. The van der Waals surface area contributed by atoms with Gasteiger partial charge in [-0.25, -0.2) is 0 Å². The van der Waals surface area contributed by atoms with Crippen molar-refractivity contribution in [3.05, 3.63) is 0 Å². The summed E-state index contributed by atoms with van der Waals surface area (Å²) in [4.78, 5) is 15.9. The summed E-state index contributed by atoms with van der Waals surface area (Å²) in [5.41, 5.74) is 0. The Balaban J connectivity index is 2.00. The summed E-state index contributed by atoms with van der Waals surface area (Å²) in [5, 5.41) is 1.55. The van der Waals surface area contributed by atoms with E-state index in [-0.39, 0.29) is 18.1 Å². The SMILES string of the molecule is CN1OC(=O)C[C@H]1[C@H]1COC(C)(C)O1. The molecule has 0 saturated carbocycles. The van der Waals surface area contributed by atoms with E-state index in [0.29, 0.717) is 13.0 Å². The molecule has 0 radical (unpaired) electrons. The zero-order valence-corrected chi connectivity index (χ0v) is 8.65. The van der Waals surface area contributed by atoms with Crippen molar-refractivity contribution in [3.63, 3.8) is 0 Å². The molecule has 0 bridgehead atoms. The summed E-state index contributed by atoms with van der Waals surface area (Å²) in [6, 6.07) is -0.0238. The number of nitrogens with zero attached hydrogens (tertiary/aromatic N) is 1. The number of hydroxylamine groups is 2. The van der Waals surface area contributed by atoms with E-state index < -0.39 is 5.79 Å². The van der Waals surface area contributed by atoms with Crippen molar-refractivity contribution in [2.24, 2.45) is 0 Å². The van der Waals surface area contributed by atoms with Gasteiger partial charge in [-0.1, -0.05) is 0 Å². The predicted molar refractivity (Wildman–Crippen MR) is 47.2 cm³/mol. The van der Waals surface area contributed by atoms with Gasteiger partial charge in [0.15, 0.2) is 5.79 Å². The maximum atomic E-state index is 11.0. The van der Waals surface area contributed by atoms with Crippen molar-refractivity contribution in [1.82, 2.24) is 5.06 Å². The van der Waals surface area contributed by atoms with E-state index in [2.05, 4.69) is 0 Å². The molecule has 80 valence electrons. The summed E-state index contributed by atoms with van der Waals surface area (Å²) in [6.07, 6.45) is 0.294. The molecule has 0 N–H and O–H groups in total. The quantitative estimate of drug-likeness (QED) is 0.610. The zero-order valence-electron chi connectivity index (χ0n) is 8.65. The third-order valence-corrected chi connectivity index (χ3v) is 2.55. The first-order valence-electron chi connectivity index (χ1n) is 4.73. The maximum absolute atomic E-state index is 11.0. The number of ether oxygens (including phenoxy) is 2. The van der Waals surface area contributed by atoms with E-state index in [0.717, 1.165) is 0 Å². The molecule has 2 rings (SSSR count). The van der Waals surface area contributed by atoms with Crippen LogP contribution in [0.15, 0.2) is 0 Å². The second-order valence-corrected chi connectivity index (χ2v) is 4.15. The lowest BCUT2D eigenvalue weighted by molar-refractivity contribution is -0.180. The molecular formula is C9H15NO4. The molecule has 0 aromatic carbocycles. The fourth-order valence-corrected chi connectivity index (χ4v) is 1.84. The van der Waals surface area contributed by atoms with E-state index >= 15 is 0 Å². The molecule has 2 aliphatic rings. The van der Waals surface area contributed by atoms with Gasteiger partial charge in [0.25, 0.3) is 0 Å². The van der Waals surface area contributed by atoms with Crippen LogP contribution in [-0.2, 0) is 19.1 Å². The molecule has 5 nitrogen and oxygen atoms in total. The monoisotopic (exact) mass is 201 g/mol. The van der Waals surface area contributed by atoms with E-state index in [9.17, 15) is 4.79 Å². The van der Waals surface area contributed by atoms with Crippen molar-refractivity contribution in [2.45, 2.75) is 38.2 Å². The smallest absolute Gasteiger partial charge is 0.326 e. The molecule has 0 aliphatic carbocycles. The second kappa shape index (κ2) is 3.18. The minimum Gasteiger partial charge on any atom is -0.368 e. The topological polar surface area (TPSA) is 48.0 Å². The highest BCUT2D eigenvalue weighted by Crippen LogP contribution is 2.29. The molecular weight excluding hydrogens is 186 g/mol. The van der Waals surface area contributed by atoms with Gasteiger partial charge in [0.05, 0.1) is 19.1 Å². The molecule has 2 saturated heterocycles. The van der Waals surface area contributed by atoms with Gasteiger partial charge in [-0.05, 0) is 13.8 Å². The van der Waals surface area contributed by atoms with Gasteiger partial charge >= 0.3 is 5.97 Å². The Hall–Kier alpha value is -0.650. The van der Waals surface area contributed by atoms with Crippen LogP contribution in [0.1, 0.15) is 20.3 Å². The number of carbonyl (C=O) groups excluding carboxylic acids is 1. The standard InChI is InChI=1S/C9H15NO4/c1-9(2)12-5-7(13-9)6-4-8(11)14-10(6)3/h6-7H,4-5H2,1-3H3/t6-,7+/m0/s1. The minimum absolute atomic E-state index is 0.0238. The van der Waals surface area contributed by atoms with Gasteiger partial charge in [0.2, 0.25) is 0 Å². The van der Waals surface area contributed by atoms with Crippen LogP contribution in [0.2, 0.25) is 0 Å². The lowest BCUT2D eigenvalue weighted by atomic mass is 10.1. The molecule has 0 spiro atoms. The highest BCUT2D eigenvalue weighted by molar-refractivity contribution is 5.71. The number of carbonyl (C=O) groups is 1. The molecule has 2 heterocycles. The van der Waals surface area contributed by atoms with Crippen LogP contribution in [-0.4, -0.2) is 42.6 Å². The average molecular weight is 201 g/mol. The second-order valence-electron chi connectivity index (χ2n) is 4.15. The molecule has 5 heteroatoms. The third-order valence-electron chi connectivity index (χ3n) is 2.55. The first-order chi connectivity index (χ1) is 6.48. The van der Waals surface area contributed by atoms with Gasteiger partial charge < -0.3 is 14.3 Å². The van der Waals surface area contributed by atoms with Gasteiger partial charge in [0, 0.05) is 7.05 Å². The Morgan fingerprint density at radius 1 is 1.50 bits per heavy atom. The molecule has 2 aliphatic heterocycles. The normalized spacial score (nSPS) is 37.5. The third kappa shape index (κ3) is 1.75. The Kier molecular flexibility index (Phi) is 2.25. The summed E-state index contributed by atoms with van der Waals surface area (Å²) < 4.78 is 11.1. The number of rotatable bonds is 1. The Morgan fingerprint density at radius 2 is 2.21 bits per heavy atom. The zero-order chi connectivity index (χ0) is 10.3. The lowest BCUT2D eigenvalue weighted by Gasteiger charge is -2.22. The van der Waals surface area contributed by atoms with Gasteiger partial charge in [0.1, 0.15) is 6.10 Å². The number of hydrogen-bond acceptors (Lipinski definition) is 5. The van der Waals surface area contributed by atoms with Gasteiger partial charge in [-0.15, -0.1) is 5.06 Å². The molecule has 0 aromatic rings. The van der Waals surface area contributed by atoms with E-state index in [1.165, 1.54) is 0 Å². The number of likely N-dealkylation sites (N-methyl/N-ethyl adjacent to an activating group) is 1. The summed E-state index contributed by atoms with van der Waals surface area (Å²) in [6.45, 7) is 4.24. The maximum Gasteiger partial charge on any atom is 0.326 e. The Bertz CT molecular complexity index is 253. The van der Waals surface area contributed by atoms with E-state index in [1.807, 2.05) is 13.8 Å². The summed E-state index contributed by atoms with van der Waals surface area (Å²) in [5.74, 6) is -0.747. The summed E-state index contributed by atoms with van der Waals surface area (Å²) >= 11 is 0. The van der Waals surface area contributed by atoms with Crippen molar-refractivity contribution >= 4 is 5.97 Å². The van der Waals surface area contributed by atoms with Crippen LogP contribution in [0.4, 0.5) is 0 Å². The van der Waals surface area contributed by atoms with Crippen LogP contribution in [0, 0.1) is 0 Å². The average Bonchev–Trinajstić information content (AvgIpc) is 2.55. The molecule has 0 aromatic heterocycles. The Morgan fingerprint density at radius 3 is 2.64 bits per heavy atom. The summed E-state index contributed by atoms with van der Waals surface area (Å²) in [7, 11) is 1.74. The molecule has 2 atom stereocenters. The van der Waals surface area contributed by atoms with Crippen LogP contribution in [0.3, 0.4) is 0 Å². The lowest BCUT2D eigenvalue weighted by Crippen LogP contribution is -2.38. The van der Waals surface area contributed by atoms with E-state index in [1.54, 1.807) is 12.1 Å². The van der Waals surface area contributed by atoms with Crippen molar-refractivity contribution < 1.29 is 19.1 Å². The first-order valence-corrected chi connectivity index (χ1v) is 4.73. The first kappa shape index (κ1) is 9.89. The van der Waals surface area contributed by atoms with Crippen LogP contribution in [0.5, 0.6) is 0 Å². The molecule has 0 amide bonds.